The molecule has 10 aromatic carbocycles. The number of para-hydroxylation sites is 4. The largest absolute Gasteiger partial charge is 0.454 e. The van der Waals surface area contributed by atoms with Crippen molar-refractivity contribution >= 4 is 94.4 Å². The Morgan fingerprint density at radius 2 is 0.875 bits per heavy atom. The van der Waals surface area contributed by atoms with Crippen molar-refractivity contribution < 1.29 is 29.1 Å². The molecule has 0 aliphatic heterocycles. The van der Waals surface area contributed by atoms with E-state index in [-0.39, 0.29) is 10.9 Å². The lowest BCUT2D eigenvalue weighted by Crippen LogP contribution is -2.74. The summed E-state index contributed by atoms with van der Waals surface area (Å²) in [7, 11) is -5.48. The van der Waals surface area contributed by atoms with Crippen LogP contribution in [0.25, 0.3) is 88.1 Å². The third kappa shape index (κ3) is 5.33. The number of benzene rings is 10. The highest BCUT2D eigenvalue weighted by Gasteiger charge is 2.41. The van der Waals surface area contributed by atoms with Gasteiger partial charge in [0.25, 0.3) is 0 Å². The van der Waals surface area contributed by atoms with Crippen LogP contribution in [-0.2, 0) is 0 Å². The third-order valence-electron chi connectivity index (χ3n) is 12.1. The lowest BCUT2D eigenvalue weighted by molar-refractivity contribution is 0.666. The molecule has 0 amide bonds. The van der Waals surface area contributed by atoms with E-state index in [1.54, 1.807) is 22.8 Å². The van der Waals surface area contributed by atoms with Crippen molar-refractivity contribution in [1.82, 2.24) is 9.13 Å². The lowest BCUT2D eigenvalue weighted by atomic mass is 10.1. The summed E-state index contributed by atoms with van der Waals surface area (Å²) in [6.07, 6.45) is 0. The zero-order valence-corrected chi connectivity index (χ0v) is 34.5. The van der Waals surface area contributed by atoms with Crippen LogP contribution in [0.5, 0.6) is 0 Å². The molecule has 0 fully saturated rings. The molecule has 300 valence electrons. The second-order valence-electron chi connectivity index (χ2n) is 15.4. The summed E-state index contributed by atoms with van der Waals surface area (Å²) in [6.45, 7) is 0. The molecule has 3 nitrogen and oxygen atoms in total. The zero-order chi connectivity index (χ0) is 57.9. The number of hydrogen-bond donors (Lipinski definition) is 0. The molecule has 1 atom stereocenters. The second-order valence-corrected chi connectivity index (χ2v) is 19.0. The molecule has 0 radical (unpaired) electrons. The topological polar surface area (TPSA) is 23.0 Å². The lowest BCUT2D eigenvalue weighted by Gasteiger charge is -2.34. The van der Waals surface area contributed by atoms with E-state index < -0.39 is 144 Å². The molecule has 0 saturated carbocycles. The molecule has 13 aromatic rings. The van der Waals surface area contributed by atoms with Crippen LogP contribution in [0.1, 0.15) is 24.7 Å². The van der Waals surface area contributed by atoms with E-state index in [0.717, 1.165) is 21.8 Å². The average molecular weight is 851 g/mol. The van der Waals surface area contributed by atoms with Crippen molar-refractivity contribution in [1.29, 1.82) is 0 Å². The highest BCUT2D eigenvalue weighted by atomic mass is 28.3. The summed E-state index contributed by atoms with van der Waals surface area (Å²) in [6, 6.07) is 25.3. The fraction of sp³-hybridized carbons (Fsp3) is 0. The third-order valence-corrected chi connectivity index (χ3v) is 16.3. The van der Waals surface area contributed by atoms with Gasteiger partial charge in [-0.05, 0) is 74.3 Å². The second kappa shape index (κ2) is 14.5. The Labute approximate surface area is 396 Å². The minimum absolute atomic E-state index is 0.0144. The number of hydrogen-bond acceptors (Lipinski definition) is 1. The molecule has 0 N–H and O–H groups in total. The first-order valence-electron chi connectivity index (χ1n) is 29.5. The van der Waals surface area contributed by atoms with Crippen LogP contribution in [0.4, 0.5) is 0 Å². The number of fused-ring (bicyclic) bond motifs is 10. The van der Waals surface area contributed by atoms with Gasteiger partial charge in [0.2, 0.25) is 0 Å². The Kier molecular flexibility index (Phi) is 5.14. The SMILES string of the molecule is [2H]c1c([2H])c([2H])c(-c2c([2H])c([2H])c([Si](c3ccccc3)(c3c([2H])c([2H])c([2H])c([2H])c3[2H])c3c([2H])c([2H])c(-n4c5ccccc5c5cc(-n6c7ccccc7c7ccccc76)c6oc7ccccc7c6c54)c([2H])c3[2H])c([2H])c2[2H])c([2H])c1[2H]. The number of aromatic nitrogens is 2. The van der Waals surface area contributed by atoms with E-state index in [2.05, 4.69) is 16.7 Å². The van der Waals surface area contributed by atoms with Gasteiger partial charge < -0.3 is 13.6 Å². The van der Waals surface area contributed by atoms with Gasteiger partial charge in [0.05, 0.1) is 57.8 Å². The quantitative estimate of drug-likeness (QED) is 0.116. The number of rotatable bonds is 7. The molecule has 13 rings (SSSR count). The van der Waals surface area contributed by atoms with E-state index >= 15 is 0 Å². The van der Waals surface area contributed by atoms with Crippen LogP contribution in [0.2, 0.25) is 0 Å². The Balaban J connectivity index is 1.20. The smallest absolute Gasteiger partial charge is 0.179 e. The van der Waals surface area contributed by atoms with Gasteiger partial charge in [-0.25, -0.2) is 0 Å². The van der Waals surface area contributed by atoms with Crippen LogP contribution in [0.3, 0.4) is 0 Å². The Morgan fingerprint density at radius 3 is 1.52 bits per heavy atom. The Hall–Kier alpha value is -8.18. The van der Waals surface area contributed by atoms with Gasteiger partial charge in [0, 0.05) is 32.6 Å². The van der Waals surface area contributed by atoms with E-state index in [1.165, 1.54) is 24.3 Å². The van der Waals surface area contributed by atoms with Gasteiger partial charge in [0.15, 0.2) is 13.7 Å². The van der Waals surface area contributed by atoms with Gasteiger partial charge in [-0.15, -0.1) is 0 Å². The fourth-order valence-electron chi connectivity index (χ4n) is 9.44. The monoisotopic (exact) mass is 850 g/mol. The first-order chi connectivity index (χ1) is 39.3. The summed E-state index contributed by atoms with van der Waals surface area (Å²) in [5.74, 6) is 0. The predicted molar refractivity (Wildman–Crippen MR) is 271 cm³/mol. The molecule has 0 spiro atoms. The summed E-state index contributed by atoms with van der Waals surface area (Å²) in [4.78, 5) is 0. The molecular formula is C60H40N2OSi. The maximum atomic E-state index is 10.4. The van der Waals surface area contributed by atoms with Gasteiger partial charge in [0.1, 0.15) is 5.58 Å². The number of nitrogens with zero attached hydrogens (tertiary/aromatic N) is 2. The highest BCUT2D eigenvalue weighted by molar-refractivity contribution is 7.19. The Morgan fingerprint density at radius 1 is 0.391 bits per heavy atom. The average Bonchev–Trinajstić information content (AvgIpc) is 4.13. The minimum Gasteiger partial charge on any atom is -0.454 e. The van der Waals surface area contributed by atoms with Crippen LogP contribution in [0.15, 0.2) is 247 Å². The summed E-state index contributed by atoms with van der Waals surface area (Å²) >= 11 is 0. The molecule has 3 heterocycles. The van der Waals surface area contributed by atoms with Crippen molar-refractivity contribution in [2.24, 2.45) is 0 Å². The van der Waals surface area contributed by atoms with Gasteiger partial charge in [-0.2, -0.15) is 0 Å². The van der Waals surface area contributed by atoms with Crippen molar-refractivity contribution in [3.63, 3.8) is 0 Å². The van der Waals surface area contributed by atoms with Crippen LogP contribution >= 0.6 is 0 Å². The maximum absolute atomic E-state index is 10.4. The fourth-order valence-corrected chi connectivity index (χ4v) is 13.2. The zero-order valence-electron chi connectivity index (χ0n) is 51.5. The Bertz CT molecular complexity index is 4830. The molecule has 0 bridgehead atoms. The first-order valence-corrected chi connectivity index (χ1v) is 22.5. The number of furan rings is 1. The highest BCUT2D eigenvalue weighted by Crippen LogP contribution is 2.45. The van der Waals surface area contributed by atoms with Gasteiger partial charge >= 0.3 is 0 Å². The summed E-state index contributed by atoms with van der Waals surface area (Å²) in [5.41, 5.74) is 2.77. The molecule has 3 aromatic heterocycles. The molecule has 64 heavy (non-hydrogen) atoms. The molecule has 0 aliphatic rings. The predicted octanol–water partition coefficient (Wildman–Crippen LogP) is 12.8. The standard InChI is InChI=1S/C60H40N2OSi/c1-4-18-41(19-5-1)42-32-36-46(37-33-42)64(44-20-6-2-7-21-44,45-22-8-3-9-23-45)47-38-34-43(35-39-47)61-53-28-14-12-26-50(53)52-40-56(60-58(59(52)61)51-27-13-17-31-57(51)63-60)62-54-29-15-10-24-48(54)49-25-11-16-30-55(49)62/h1-40H/i1D,2D,4D,5D,6D,7D,18D,19D,20D,21D,32D,33D,34D,35D,36D,37D,38D,39D. The van der Waals surface area contributed by atoms with Crippen LogP contribution in [-0.4, -0.2) is 17.2 Å². The van der Waals surface area contributed by atoms with Crippen molar-refractivity contribution in [3.05, 3.63) is 242 Å². The van der Waals surface area contributed by atoms with E-state index in [0.29, 0.717) is 49.4 Å². The maximum Gasteiger partial charge on any atom is 0.179 e. The van der Waals surface area contributed by atoms with Crippen LogP contribution < -0.4 is 20.7 Å². The van der Waals surface area contributed by atoms with E-state index in [9.17, 15) is 13.7 Å². The minimum atomic E-state index is -5.48. The molecular weight excluding hydrogens is 793 g/mol. The van der Waals surface area contributed by atoms with Crippen molar-refractivity contribution in [2.75, 3.05) is 0 Å². The normalized spacial score (nSPS) is 16.8. The first kappa shape index (κ1) is 22.8. The molecule has 4 heteroatoms. The van der Waals surface area contributed by atoms with Gasteiger partial charge in [-0.1, -0.05) is 200 Å². The van der Waals surface area contributed by atoms with Crippen molar-refractivity contribution in [3.8, 4) is 22.5 Å². The molecule has 1 unspecified atom stereocenters. The summed E-state index contributed by atoms with van der Waals surface area (Å²) < 4.78 is 180. The molecule has 0 saturated heterocycles. The molecule has 0 aliphatic carbocycles. The van der Waals surface area contributed by atoms with E-state index in [1.807, 2.05) is 78.9 Å². The van der Waals surface area contributed by atoms with Crippen molar-refractivity contribution in [2.45, 2.75) is 0 Å². The van der Waals surface area contributed by atoms with E-state index in [4.69, 9.17) is 15.4 Å². The summed E-state index contributed by atoms with van der Waals surface area (Å²) in [5, 5.41) is 2.76. The van der Waals surface area contributed by atoms with Crippen LogP contribution in [0, 0.1) is 0 Å². The van der Waals surface area contributed by atoms with Gasteiger partial charge in [-0.3, -0.25) is 0 Å².